The van der Waals surface area contributed by atoms with Crippen LogP contribution in [0.15, 0.2) is 48.9 Å². The molecule has 0 amide bonds. The number of aromatic nitrogens is 2. The normalized spacial score (nSPS) is 12.4. The Morgan fingerprint density at radius 1 is 1.24 bits per heavy atom. The van der Waals surface area contributed by atoms with Crippen molar-refractivity contribution in [1.82, 2.24) is 9.97 Å². The summed E-state index contributed by atoms with van der Waals surface area (Å²) < 4.78 is 0. The fraction of sp³-hybridized carbons (Fsp3) is 0.125. The van der Waals surface area contributed by atoms with Crippen molar-refractivity contribution in [1.29, 1.82) is 0 Å². The number of nitrogens with zero attached hydrogens (tertiary/aromatic N) is 1. The molecule has 2 aromatic heterocycles. The number of nitrogens with one attached hydrogen (secondary N) is 1. The van der Waals surface area contributed by atoms with Crippen LogP contribution in [-0.2, 0) is 11.2 Å². The van der Waals surface area contributed by atoms with Crippen LogP contribution in [0.4, 0.5) is 0 Å². The lowest BCUT2D eigenvalue weighted by Gasteiger charge is -2.05. The van der Waals surface area contributed by atoms with Gasteiger partial charge < -0.3 is 15.8 Å². The Hall–Kier alpha value is -2.66. The van der Waals surface area contributed by atoms with Gasteiger partial charge in [-0.1, -0.05) is 12.1 Å². The molecular formula is C16H15N3O2. The maximum atomic E-state index is 10.9. The van der Waals surface area contributed by atoms with Gasteiger partial charge in [-0.3, -0.25) is 9.78 Å². The first-order valence-electron chi connectivity index (χ1n) is 6.64. The summed E-state index contributed by atoms with van der Waals surface area (Å²) in [5.74, 6) is -0.988. The number of aliphatic carboxylic acids is 1. The van der Waals surface area contributed by atoms with Crippen molar-refractivity contribution in [3.63, 3.8) is 0 Å². The molecule has 0 radical (unpaired) electrons. The topological polar surface area (TPSA) is 92.0 Å². The number of nitrogens with two attached hydrogens (primary N) is 1. The molecule has 0 saturated carbocycles. The molecule has 0 unspecified atom stereocenters. The molecular weight excluding hydrogens is 266 g/mol. The number of aromatic amines is 1. The lowest BCUT2D eigenvalue weighted by Crippen LogP contribution is -2.32. The highest BCUT2D eigenvalue weighted by molar-refractivity contribution is 5.88. The van der Waals surface area contributed by atoms with Gasteiger partial charge in [0.2, 0.25) is 0 Å². The molecule has 5 nitrogen and oxygen atoms in total. The maximum absolute atomic E-state index is 10.9. The van der Waals surface area contributed by atoms with E-state index in [4.69, 9.17) is 10.8 Å². The zero-order valence-electron chi connectivity index (χ0n) is 11.3. The number of carboxylic acid groups (broad SMARTS) is 1. The van der Waals surface area contributed by atoms with Gasteiger partial charge in [-0.15, -0.1) is 0 Å². The van der Waals surface area contributed by atoms with Crippen LogP contribution in [0.5, 0.6) is 0 Å². The SMILES string of the molecule is N[C@@H](Cc1c[nH]c2cc(-c3ccncc3)ccc12)C(=O)O. The number of carbonyl (C=O) groups is 1. The van der Waals surface area contributed by atoms with E-state index in [9.17, 15) is 4.79 Å². The largest absolute Gasteiger partial charge is 0.480 e. The summed E-state index contributed by atoms with van der Waals surface area (Å²) in [5, 5.41) is 9.91. The van der Waals surface area contributed by atoms with Gasteiger partial charge in [0.25, 0.3) is 0 Å². The predicted octanol–water partition coefficient (Wildman–Crippen LogP) is 2.18. The number of carboxylic acids is 1. The maximum Gasteiger partial charge on any atom is 0.320 e. The van der Waals surface area contributed by atoms with Crippen LogP contribution in [0, 0.1) is 0 Å². The molecule has 0 fully saturated rings. The van der Waals surface area contributed by atoms with Crippen LogP contribution in [0.3, 0.4) is 0 Å². The van der Waals surface area contributed by atoms with E-state index in [1.54, 1.807) is 12.4 Å². The number of hydrogen-bond acceptors (Lipinski definition) is 3. The van der Waals surface area contributed by atoms with E-state index in [0.717, 1.165) is 27.6 Å². The Labute approximate surface area is 121 Å². The average molecular weight is 281 g/mol. The van der Waals surface area contributed by atoms with Crippen LogP contribution >= 0.6 is 0 Å². The molecule has 0 aliphatic rings. The second-order valence-electron chi connectivity index (χ2n) is 4.96. The standard InChI is InChI=1S/C16H15N3O2/c17-14(16(20)21)7-12-9-19-15-8-11(1-2-13(12)15)10-3-5-18-6-4-10/h1-6,8-9,14,19H,7,17H2,(H,20,21)/t14-/m0/s1. The van der Waals surface area contributed by atoms with Gasteiger partial charge in [0.05, 0.1) is 0 Å². The van der Waals surface area contributed by atoms with Crippen molar-refractivity contribution in [2.45, 2.75) is 12.5 Å². The van der Waals surface area contributed by atoms with Gasteiger partial charge in [-0.2, -0.15) is 0 Å². The van der Waals surface area contributed by atoms with Crippen LogP contribution in [0.25, 0.3) is 22.0 Å². The minimum Gasteiger partial charge on any atom is -0.480 e. The van der Waals surface area contributed by atoms with Crippen molar-refractivity contribution in [2.75, 3.05) is 0 Å². The summed E-state index contributed by atoms with van der Waals surface area (Å²) in [5.41, 5.74) is 9.66. The molecule has 0 bridgehead atoms. The van der Waals surface area contributed by atoms with E-state index in [-0.39, 0.29) is 0 Å². The Balaban J connectivity index is 1.96. The van der Waals surface area contributed by atoms with Crippen molar-refractivity contribution in [3.05, 3.63) is 54.5 Å². The van der Waals surface area contributed by atoms with E-state index < -0.39 is 12.0 Å². The van der Waals surface area contributed by atoms with E-state index in [0.29, 0.717) is 6.42 Å². The van der Waals surface area contributed by atoms with Crippen molar-refractivity contribution in [3.8, 4) is 11.1 Å². The van der Waals surface area contributed by atoms with Crippen molar-refractivity contribution >= 4 is 16.9 Å². The van der Waals surface area contributed by atoms with Crippen molar-refractivity contribution < 1.29 is 9.90 Å². The Morgan fingerprint density at radius 3 is 2.71 bits per heavy atom. The molecule has 1 aromatic carbocycles. The Kier molecular flexibility index (Phi) is 3.41. The lowest BCUT2D eigenvalue weighted by molar-refractivity contribution is -0.138. The Morgan fingerprint density at radius 2 is 2.00 bits per heavy atom. The summed E-state index contributed by atoms with van der Waals surface area (Å²) in [6, 6.07) is 9.06. The molecule has 21 heavy (non-hydrogen) atoms. The monoisotopic (exact) mass is 281 g/mol. The first-order valence-corrected chi connectivity index (χ1v) is 6.64. The van der Waals surface area contributed by atoms with E-state index in [1.807, 2.05) is 36.5 Å². The van der Waals surface area contributed by atoms with Crippen molar-refractivity contribution in [2.24, 2.45) is 5.73 Å². The molecule has 3 rings (SSSR count). The van der Waals surface area contributed by atoms with E-state index in [2.05, 4.69) is 9.97 Å². The molecule has 4 N–H and O–H groups in total. The van der Waals surface area contributed by atoms with Gasteiger partial charge >= 0.3 is 5.97 Å². The number of rotatable bonds is 4. The smallest absolute Gasteiger partial charge is 0.320 e. The molecule has 0 aliphatic heterocycles. The summed E-state index contributed by atoms with van der Waals surface area (Å²) in [7, 11) is 0. The predicted molar refractivity (Wildman–Crippen MR) is 80.8 cm³/mol. The highest BCUT2D eigenvalue weighted by atomic mass is 16.4. The Bertz CT molecular complexity index is 781. The molecule has 2 heterocycles. The molecule has 1 atom stereocenters. The van der Waals surface area contributed by atoms with Crippen LogP contribution in [-0.4, -0.2) is 27.1 Å². The van der Waals surface area contributed by atoms with E-state index in [1.165, 1.54) is 0 Å². The highest BCUT2D eigenvalue weighted by Gasteiger charge is 2.15. The van der Waals surface area contributed by atoms with Gasteiger partial charge in [-0.25, -0.2) is 0 Å². The summed E-state index contributed by atoms with van der Waals surface area (Å²) in [4.78, 5) is 18.0. The number of hydrogen-bond donors (Lipinski definition) is 3. The number of benzene rings is 1. The highest BCUT2D eigenvalue weighted by Crippen LogP contribution is 2.26. The molecule has 5 heteroatoms. The fourth-order valence-electron chi connectivity index (χ4n) is 2.40. The second-order valence-corrected chi connectivity index (χ2v) is 4.96. The number of fused-ring (bicyclic) bond motifs is 1. The molecule has 0 saturated heterocycles. The quantitative estimate of drug-likeness (QED) is 0.683. The zero-order chi connectivity index (χ0) is 14.8. The third-order valence-electron chi connectivity index (χ3n) is 3.54. The zero-order valence-corrected chi connectivity index (χ0v) is 11.3. The lowest BCUT2D eigenvalue weighted by atomic mass is 10.0. The molecule has 106 valence electrons. The minimum atomic E-state index is -0.988. The first kappa shape index (κ1) is 13.3. The third-order valence-corrected chi connectivity index (χ3v) is 3.54. The summed E-state index contributed by atoms with van der Waals surface area (Å²) in [6.07, 6.45) is 5.64. The van der Waals surface area contributed by atoms with Crippen LogP contribution in [0.2, 0.25) is 0 Å². The molecule has 3 aromatic rings. The number of pyridine rings is 1. The summed E-state index contributed by atoms with van der Waals surface area (Å²) in [6.45, 7) is 0. The first-order chi connectivity index (χ1) is 10.1. The van der Waals surface area contributed by atoms with Crippen LogP contribution < -0.4 is 5.73 Å². The average Bonchev–Trinajstić information content (AvgIpc) is 2.90. The van der Waals surface area contributed by atoms with Gasteiger partial charge in [0.15, 0.2) is 0 Å². The van der Waals surface area contributed by atoms with Crippen LogP contribution in [0.1, 0.15) is 5.56 Å². The molecule has 0 spiro atoms. The van der Waals surface area contributed by atoms with Gasteiger partial charge in [-0.05, 0) is 34.9 Å². The fourth-order valence-corrected chi connectivity index (χ4v) is 2.40. The number of H-pyrrole nitrogens is 1. The van der Waals surface area contributed by atoms with Gasteiger partial charge in [0, 0.05) is 35.9 Å². The third kappa shape index (κ3) is 2.64. The van der Waals surface area contributed by atoms with Gasteiger partial charge in [0.1, 0.15) is 6.04 Å². The summed E-state index contributed by atoms with van der Waals surface area (Å²) >= 11 is 0. The molecule has 0 aliphatic carbocycles. The second kappa shape index (κ2) is 5.38. The minimum absolute atomic E-state index is 0.309. The van der Waals surface area contributed by atoms with E-state index >= 15 is 0 Å².